The van der Waals surface area contributed by atoms with Crippen molar-refractivity contribution in [2.45, 2.75) is 0 Å². The third-order valence-electron chi connectivity index (χ3n) is 3.43. The van der Waals surface area contributed by atoms with Gasteiger partial charge in [0.1, 0.15) is 17.8 Å². The SMILES string of the molecule is CN1CCS(C)=C2C(=O)C(C=N/C(C#N)=C(\N)C#N)=CC=C21. The van der Waals surface area contributed by atoms with Crippen molar-refractivity contribution in [3.63, 3.8) is 0 Å². The van der Waals surface area contributed by atoms with Gasteiger partial charge in [-0.15, -0.1) is 0 Å². The highest BCUT2D eigenvalue weighted by Gasteiger charge is 2.28. The van der Waals surface area contributed by atoms with E-state index in [4.69, 9.17) is 16.3 Å². The van der Waals surface area contributed by atoms with Gasteiger partial charge < -0.3 is 10.6 Å². The Bertz CT molecular complexity index is 771. The van der Waals surface area contributed by atoms with Crippen LogP contribution in [0.15, 0.2) is 39.8 Å². The smallest absolute Gasteiger partial charge is 0.202 e. The number of nitriles is 2. The highest BCUT2D eigenvalue weighted by atomic mass is 32.2. The summed E-state index contributed by atoms with van der Waals surface area (Å²) in [5.74, 6) is 0.871. The largest absolute Gasteiger partial charge is 0.388 e. The standard InChI is InChI=1S/C15H15N5OS/c1-20-5-6-22(2)15-13(20)4-3-10(14(15)21)9-19-12(8-17)11(18)7-16/h3-4,9H,5-6,18H2,1-2H3/b12-11-,19-9?. The summed E-state index contributed by atoms with van der Waals surface area (Å²) in [4.78, 5) is 19.3. The number of hydrogen-bond donors (Lipinski definition) is 1. The molecule has 2 N–H and O–H groups in total. The van der Waals surface area contributed by atoms with Crippen LogP contribution < -0.4 is 5.73 Å². The Labute approximate surface area is 131 Å². The second kappa shape index (κ2) is 6.42. The third kappa shape index (κ3) is 2.85. The first-order valence-corrected chi connectivity index (χ1v) is 8.31. The number of ketones is 1. The van der Waals surface area contributed by atoms with E-state index in [1.165, 1.54) is 6.21 Å². The van der Waals surface area contributed by atoms with Gasteiger partial charge >= 0.3 is 0 Å². The van der Waals surface area contributed by atoms with E-state index in [1.54, 1.807) is 18.2 Å². The molecule has 0 saturated heterocycles. The van der Waals surface area contributed by atoms with Gasteiger partial charge in [-0.3, -0.25) is 4.79 Å². The number of nitrogens with zero attached hydrogens (tertiary/aromatic N) is 4. The lowest BCUT2D eigenvalue weighted by atomic mass is 10.0. The minimum atomic E-state index is -0.265. The molecule has 0 amide bonds. The molecule has 0 aromatic rings. The van der Waals surface area contributed by atoms with Crippen LogP contribution in [0.2, 0.25) is 0 Å². The van der Waals surface area contributed by atoms with Crippen LogP contribution in [0.1, 0.15) is 0 Å². The summed E-state index contributed by atoms with van der Waals surface area (Å²) >= 11 is 0. The average Bonchev–Trinajstić information content (AvgIpc) is 2.52. The number of Topliss-reactive ketones (excluding diaryl/α,β-unsaturated/α-hetero) is 1. The Balaban J connectivity index is 2.40. The highest BCUT2D eigenvalue weighted by molar-refractivity contribution is 8.16. The van der Waals surface area contributed by atoms with E-state index in [2.05, 4.69) is 16.1 Å². The van der Waals surface area contributed by atoms with Gasteiger partial charge in [0, 0.05) is 31.1 Å². The monoisotopic (exact) mass is 313 g/mol. The third-order valence-corrected chi connectivity index (χ3v) is 5.32. The molecule has 1 heterocycles. The molecular weight excluding hydrogens is 298 g/mol. The molecule has 7 heteroatoms. The summed E-state index contributed by atoms with van der Waals surface area (Å²) in [6.07, 6.45) is 6.94. The number of carbonyl (C=O) groups excluding carboxylic acids is 1. The number of nitrogens with two attached hydrogens (primary N) is 1. The molecule has 1 unspecified atom stereocenters. The lowest BCUT2D eigenvalue weighted by molar-refractivity contribution is -0.109. The number of carbonyl (C=O) groups is 1. The van der Waals surface area contributed by atoms with Gasteiger partial charge in [-0.2, -0.15) is 21.0 Å². The number of allylic oxidation sites excluding steroid dienone is 6. The normalized spacial score (nSPS) is 22.4. The van der Waals surface area contributed by atoms with E-state index >= 15 is 0 Å². The topological polar surface area (TPSA) is 106 Å². The number of fused-ring (bicyclic) bond motifs is 1. The fraction of sp³-hybridized carbons (Fsp3) is 0.267. The van der Waals surface area contributed by atoms with E-state index in [0.717, 1.165) is 22.9 Å². The first kappa shape index (κ1) is 15.7. The van der Waals surface area contributed by atoms with Gasteiger partial charge in [0.15, 0.2) is 5.70 Å². The van der Waals surface area contributed by atoms with Crippen LogP contribution in [0.4, 0.5) is 0 Å². The van der Waals surface area contributed by atoms with Crippen LogP contribution in [0.5, 0.6) is 0 Å². The van der Waals surface area contributed by atoms with E-state index in [9.17, 15) is 4.79 Å². The van der Waals surface area contributed by atoms with Crippen LogP contribution in [0.3, 0.4) is 0 Å². The Morgan fingerprint density at radius 1 is 1.45 bits per heavy atom. The van der Waals surface area contributed by atoms with Crippen molar-refractivity contribution in [2.24, 2.45) is 10.7 Å². The summed E-state index contributed by atoms with van der Waals surface area (Å²) in [5, 5.41) is 17.6. The lowest BCUT2D eigenvalue weighted by Gasteiger charge is -2.32. The molecule has 1 aliphatic carbocycles. The van der Waals surface area contributed by atoms with Crippen LogP contribution in [-0.2, 0) is 4.79 Å². The molecule has 6 nitrogen and oxygen atoms in total. The van der Waals surface area contributed by atoms with Crippen molar-refractivity contribution in [3.8, 4) is 12.1 Å². The van der Waals surface area contributed by atoms with Crippen molar-refractivity contribution >= 4 is 27.3 Å². The highest BCUT2D eigenvalue weighted by Crippen LogP contribution is 2.27. The maximum Gasteiger partial charge on any atom is 0.202 e. The molecule has 0 aromatic carbocycles. The Morgan fingerprint density at radius 2 is 2.18 bits per heavy atom. The molecule has 0 bridgehead atoms. The minimum Gasteiger partial charge on any atom is -0.388 e. The van der Waals surface area contributed by atoms with E-state index < -0.39 is 0 Å². The molecule has 0 saturated carbocycles. The van der Waals surface area contributed by atoms with Gasteiger partial charge in [0.05, 0.1) is 10.6 Å². The maximum absolute atomic E-state index is 12.6. The van der Waals surface area contributed by atoms with Crippen LogP contribution in [0, 0.1) is 22.7 Å². The molecule has 0 spiro atoms. The van der Waals surface area contributed by atoms with E-state index in [1.807, 2.05) is 13.1 Å². The molecule has 0 radical (unpaired) electrons. The van der Waals surface area contributed by atoms with E-state index in [-0.39, 0.29) is 27.7 Å². The van der Waals surface area contributed by atoms with Crippen LogP contribution in [-0.4, -0.2) is 47.4 Å². The summed E-state index contributed by atoms with van der Waals surface area (Å²) in [6.45, 7) is 0.930. The summed E-state index contributed by atoms with van der Waals surface area (Å²) in [7, 11) is 1.86. The molecule has 0 fully saturated rings. The molecule has 1 atom stereocenters. The molecular formula is C15H15N5OS. The number of hydrogen-bond acceptors (Lipinski definition) is 6. The second-order valence-electron chi connectivity index (χ2n) is 4.84. The molecule has 0 aromatic heterocycles. The Morgan fingerprint density at radius 3 is 2.82 bits per heavy atom. The van der Waals surface area contributed by atoms with Crippen molar-refractivity contribution in [2.75, 3.05) is 25.6 Å². The van der Waals surface area contributed by atoms with Gasteiger partial charge in [-0.1, -0.05) is 0 Å². The van der Waals surface area contributed by atoms with E-state index in [0.29, 0.717) is 5.57 Å². The molecule has 112 valence electrons. The van der Waals surface area contributed by atoms with Gasteiger partial charge in [0.25, 0.3) is 0 Å². The van der Waals surface area contributed by atoms with Gasteiger partial charge in [-0.05, 0) is 18.4 Å². The predicted molar refractivity (Wildman–Crippen MR) is 88.1 cm³/mol. The average molecular weight is 313 g/mol. The van der Waals surface area contributed by atoms with Crippen molar-refractivity contribution in [1.29, 1.82) is 10.5 Å². The van der Waals surface area contributed by atoms with Gasteiger partial charge in [0.2, 0.25) is 5.78 Å². The quantitative estimate of drug-likeness (QED) is 0.458. The maximum atomic E-state index is 12.6. The zero-order chi connectivity index (χ0) is 16.3. The van der Waals surface area contributed by atoms with Crippen molar-refractivity contribution in [3.05, 3.63) is 34.8 Å². The molecule has 22 heavy (non-hydrogen) atoms. The lowest BCUT2D eigenvalue weighted by Crippen LogP contribution is -2.37. The minimum absolute atomic E-state index is 0.0774. The number of aliphatic imine (C=N–C) groups is 1. The molecule has 2 aliphatic rings. The molecule has 1 aliphatic heterocycles. The van der Waals surface area contributed by atoms with Crippen LogP contribution >= 0.6 is 10.5 Å². The zero-order valence-corrected chi connectivity index (χ0v) is 13.1. The van der Waals surface area contributed by atoms with Gasteiger partial charge in [-0.25, -0.2) is 4.99 Å². The summed E-state index contributed by atoms with van der Waals surface area (Å²) in [5.41, 5.74) is 6.27. The van der Waals surface area contributed by atoms with Crippen LogP contribution in [0.25, 0.3) is 0 Å². The predicted octanol–water partition coefficient (Wildman–Crippen LogP) is 0.684. The second-order valence-corrected chi connectivity index (χ2v) is 6.93. The Hall–Kier alpha value is -2.64. The summed E-state index contributed by atoms with van der Waals surface area (Å²) in [6, 6.07) is 3.41. The first-order valence-electron chi connectivity index (χ1n) is 6.51. The summed E-state index contributed by atoms with van der Waals surface area (Å²) < 4.78 is 0. The van der Waals surface area contributed by atoms with Crippen molar-refractivity contribution < 1.29 is 4.79 Å². The number of rotatable bonds is 2. The fourth-order valence-corrected chi connectivity index (χ4v) is 3.92. The Kier molecular flexibility index (Phi) is 4.59. The zero-order valence-electron chi connectivity index (χ0n) is 12.3. The molecule has 2 rings (SSSR count). The van der Waals surface area contributed by atoms with Crippen molar-refractivity contribution in [1.82, 2.24) is 4.90 Å². The fourth-order valence-electron chi connectivity index (χ4n) is 2.15. The first-order chi connectivity index (χ1) is 10.5.